The molecule has 7 nitrogen and oxygen atoms in total. The molecule has 0 aliphatic carbocycles. The topological polar surface area (TPSA) is 77.5 Å². The fourth-order valence-electron chi connectivity index (χ4n) is 2.20. The highest BCUT2D eigenvalue weighted by molar-refractivity contribution is 7.80. The third-order valence-electron chi connectivity index (χ3n) is 3.43. The van der Waals surface area contributed by atoms with Crippen LogP contribution in [0.3, 0.4) is 0 Å². The van der Waals surface area contributed by atoms with Gasteiger partial charge in [0, 0.05) is 13.7 Å². The average Bonchev–Trinajstić information content (AvgIpc) is 2.69. The Morgan fingerprint density at radius 1 is 0.893 bits per heavy atom. The number of nitrogens with zero attached hydrogens (tertiary/aromatic N) is 2. The summed E-state index contributed by atoms with van der Waals surface area (Å²) in [5.41, 5.74) is 0. The molecule has 0 bridgehead atoms. The number of thiocarbonyl (C=S) groups is 1. The number of hydrogen-bond donors (Lipinski definition) is 2. The van der Waals surface area contributed by atoms with Crippen molar-refractivity contribution in [2.24, 2.45) is 0 Å². The number of hydrogen-bond acceptors (Lipinski definition) is 6. The van der Waals surface area contributed by atoms with Crippen LogP contribution in [0.25, 0.3) is 0 Å². The Balaban J connectivity index is 1.79. The minimum Gasteiger partial charge on any atom is -0.439 e. The van der Waals surface area contributed by atoms with E-state index < -0.39 is 0 Å². The van der Waals surface area contributed by atoms with Crippen molar-refractivity contribution in [3.05, 3.63) is 66.7 Å². The Bertz CT molecular complexity index is 835. The highest BCUT2D eigenvalue weighted by atomic mass is 32.1. The first-order valence-electron chi connectivity index (χ1n) is 8.61. The lowest BCUT2D eigenvalue weighted by Gasteiger charge is -2.12. The van der Waals surface area contributed by atoms with Crippen LogP contribution in [0.4, 0.5) is 5.95 Å². The summed E-state index contributed by atoms with van der Waals surface area (Å²) in [6.07, 6.45) is 0. The Morgan fingerprint density at radius 2 is 1.43 bits per heavy atom. The number of aromatic nitrogens is 2. The molecule has 8 heteroatoms. The zero-order valence-corrected chi connectivity index (χ0v) is 16.1. The number of nitrogens with one attached hydrogen (secondary N) is 2. The lowest BCUT2D eigenvalue weighted by atomic mass is 10.3. The molecule has 2 N–H and O–H groups in total. The van der Waals surface area contributed by atoms with Crippen LogP contribution in [0.1, 0.15) is 0 Å². The summed E-state index contributed by atoms with van der Waals surface area (Å²) in [6, 6.07) is 20.3. The highest BCUT2D eigenvalue weighted by Gasteiger charge is 2.10. The molecule has 1 aromatic heterocycles. The Morgan fingerprint density at radius 3 is 1.93 bits per heavy atom. The van der Waals surface area contributed by atoms with Crippen LogP contribution in [-0.4, -0.2) is 35.3 Å². The maximum absolute atomic E-state index is 5.82. The number of para-hydroxylation sites is 2. The van der Waals surface area contributed by atoms with E-state index in [-0.39, 0.29) is 5.95 Å². The first-order chi connectivity index (χ1) is 13.7. The molecular formula is C20H20N4O3S. The van der Waals surface area contributed by atoms with Gasteiger partial charge in [-0.15, -0.1) is 0 Å². The standard InChI is InChI=1S/C20H20N4O3S/c1-25-13-12-21-20(28)24-19-22-17(26-15-8-4-2-5-9-15)14-18(23-19)27-16-10-6-3-7-11-16/h2-11,14H,12-13H2,1H3,(H2,21,22,23,24,28). The molecule has 3 aromatic rings. The zero-order valence-electron chi connectivity index (χ0n) is 15.3. The number of anilines is 1. The fourth-order valence-corrected chi connectivity index (χ4v) is 2.39. The third kappa shape index (κ3) is 6.19. The van der Waals surface area contributed by atoms with Gasteiger partial charge in [0.1, 0.15) is 11.5 Å². The van der Waals surface area contributed by atoms with Gasteiger partial charge in [-0.1, -0.05) is 36.4 Å². The molecule has 0 aliphatic rings. The van der Waals surface area contributed by atoms with Gasteiger partial charge in [-0.3, -0.25) is 0 Å². The van der Waals surface area contributed by atoms with Gasteiger partial charge >= 0.3 is 0 Å². The van der Waals surface area contributed by atoms with E-state index in [9.17, 15) is 0 Å². The average molecular weight is 396 g/mol. The molecule has 0 aliphatic heterocycles. The molecule has 0 atom stereocenters. The van der Waals surface area contributed by atoms with Gasteiger partial charge in [-0.25, -0.2) is 0 Å². The van der Waals surface area contributed by atoms with E-state index in [1.165, 1.54) is 0 Å². The SMILES string of the molecule is COCCNC(=S)Nc1nc(Oc2ccccc2)cc(Oc2ccccc2)n1. The highest BCUT2D eigenvalue weighted by Crippen LogP contribution is 2.26. The normalized spacial score (nSPS) is 10.2. The molecule has 2 aromatic carbocycles. The van der Waals surface area contributed by atoms with Gasteiger partial charge < -0.3 is 24.8 Å². The second-order valence-corrected chi connectivity index (χ2v) is 5.98. The summed E-state index contributed by atoms with van der Waals surface area (Å²) < 4.78 is 16.6. The first-order valence-corrected chi connectivity index (χ1v) is 9.02. The van der Waals surface area contributed by atoms with E-state index in [1.807, 2.05) is 60.7 Å². The summed E-state index contributed by atoms with van der Waals surface area (Å²) >= 11 is 5.26. The van der Waals surface area contributed by atoms with Crippen LogP contribution < -0.4 is 20.1 Å². The lowest BCUT2D eigenvalue weighted by Crippen LogP contribution is -2.31. The monoisotopic (exact) mass is 396 g/mol. The van der Waals surface area contributed by atoms with Gasteiger partial charge in [0.05, 0.1) is 12.7 Å². The Kier molecular flexibility index (Phi) is 7.11. The van der Waals surface area contributed by atoms with Crippen LogP contribution in [-0.2, 0) is 4.74 Å². The van der Waals surface area contributed by atoms with Crippen molar-refractivity contribution in [1.29, 1.82) is 0 Å². The number of rotatable bonds is 8. The van der Waals surface area contributed by atoms with Gasteiger partial charge in [-0.05, 0) is 36.5 Å². The molecule has 3 rings (SSSR count). The minimum absolute atomic E-state index is 0.259. The molecule has 0 radical (unpaired) electrons. The molecular weight excluding hydrogens is 376 g/mol. The summed E-state index contributed by atoms with van der Waals surface area (Å²) in [5.74, 6) is 2.22. The van der Waals surface area contributed by atoms with E-state index in [1.54, 1.807) is 13.2 Å². The van der Waals surface area contributed by atoms with Crippen LogP contribution >= 0.6 is 12.2 Å². The van der Waals surface area contributed by atoms with Gasteiger partial charge in [-0.2, -0.15) is 9.97 Å². The maximum Gasteiger partial charge on any atom is 0.235 e. The van der Waals surface area contributed by atoms with Crippen molar-refractivity contribution < 1.29 is 14.2 Å². The molecule has 0 spiro atoms. The van der Waals surface area contributed by atoms with E-state index in [0.717, 1.165) is 0 Å². The molecule has 0 unspecified atom stereocenters. The Labute approximate surface area is 168 Å². The zero-order chi connectivity index (χ0) is 19.6. The fraction of sp³-hybridized carbons (Fsp3) is 0.150. The first kappa shape index (κ1) is 19.5. The van der Waals surface area contributed by atoms with E-state index in [2.05, 4.69) is 20.6 Å². The van der Waals surface area contributed by atoms with Crippen LogP contribution in [0, 0.1) is 0 Å². The van der Waals surface area contributed by atoms with Crippen molar-refractivity contribution in [1.82, 2.24) is 15.3 Å². The van der Waals surface area contributed by atoms with E-state index in [0.29, 0.717) is 41.5 Å². The van der Waals surface area contributed by atoms with Gasteiger partial charge in [0.15, 0.2) is 5.11 Å². The summed E-state index contributed by atoms with van der Waals surface area (Å²) in [6.45, 7) is 1.10. The van der Waals surface area contributed by atoms with Crippen LogP contribution in [0.5, 0.6) is 23.3 Å². The van der Waals surface area contributed by atoms with Gasteiger partial charge in [0.25, 0.3) is 0 Å². The second-order valence-electron chi connectivity index (χ2n) is 5.57. The summed E-state index contributed by atoms with van der Waals surface area (Å²) in [4.78, 5) is 8.71. The van der Waals surface area contributed by atoms with E-state index >= 15 is 0 Å². The molecule has 0 amide bonds. The summed E-state index contributed by atoms with van der Waals surface area (Å²) in [7, 11) is 1.62. The van der Waals surface area contributed by atoms with Crippen molar-refractivity contribution in [2.45, 2.75) is 0 Å². The Hall–Kier alpha value is -3.23. The molecule has 0 saturated heterocycles. The van der Waals surface area contributed by atoms with Crippen LogP contribution in [0.15, 0.2) is 66.7 Å². The second kappa shape index (κ2) is 10.2. The van der Waals surface area contributed by atoms with Crippen molar-refractivity contribution in [3.63, 3.8) is 0 Å². The molecule has 0 saturated carbocycles. The predicted octanol–water partition coefficient (Wildman–Crippen LogP) is 3.99. The predicted molar refractivity (Wildman–Crippen MR) is 111 cm³/mol. The maximum atomic E-state index is 5.82. The minimum atomic E-state index is 0.259. The molecule has 1 heterocycles. The number of benzene rings is 2. The quantitative estimate of drug-likeness (QED) is 0.437. The smallest absolute Gasteiger partial charge is 0.235 e. The largest absolute Gasteiger partial charge is 0.439 e. The van der Waals surface area contributed by atoms with Crippen molar-refractivity contribution >= 4 is 23.3 Å². The van der Waals surface area contributed by atoms with Crippen molar-refractivity contribution in [3.8, 4) is 23.3 Å². The third-order valence-corrected chi connectivity index (χ3v) is 3.67. The lowest BCUT2D eigenvalue weighted by molar-refractivity contribution is 0.204. The summed E-state index contributed by atoms with van der Waals surface area (Å²) in [5, 5.41) is 6.31. The van der Waals surface area contributed by atoms with Crippen molar-refractivity contribution in [2.75, 3.05) is 25.6 Å². The molecule has 28 heavy (non-hydrogen) atoms. The number of methoxy groups -OCH3 is 1. The molecule has 144 valence electrons. The van der Waals surface area contributed by atoms with Crippen LogP contribution in [0.2, 0.25) is 0 Å². The van der Waals surface area contributed by atoms with Gasteiger partial charge in [0.2, 0.25) is 17.7 Å². The molecule has 0 fully saturated rings. The van der Waals surface area contributed by atoms with E-state index in [4.69, 9.17) is 26.4 Å². The number of ether oxygens (including phenoxy) is 3.